The summed E-state index contributed by atoms with van der Waals surface area (Å²) in [6.07, 6.45) is 6.82. The summed E-state index contributed by atoms with van der Waals surface area (Å²) in [6.45, 7) is 5.72. The van der Waals surface area contributed by atoms with Gasteiger partial charge in [0.15, 0.2) is 5.78 Å². The van der Waals surface area contributed by atoms with Gasteiger partial charge in [-0.25, -0.2) is 0 Å². The first-order valence-electron chi connectivity index (χ1n) is 8.06. The highest BCUT2D eigenvalue weighted by Crippen LogP contribution is 2.34. The first kappa shape index (κ1) is 19.1. The van der Waals surface area contributed by atoms with Gasteiger partial charge in [-0.05, 0) is 48.9 Å². The fraction of sp³-hybridized carbons (Fsp3) is 0.136. The fourth-order valence-electron chi connectivity index (χ4n) is 2.40. The van der Waals surface area contributed by atoms with E-state index in [0.29, 0.717) is 22.6 Å². The van der Waals surface area contributed by atoms with Crippen LogP contribution in [0.3, 0.4) is 0 Å². The van der Waals surface area contributed by atoms with Crippen molar-refractivity contribution in [3.63, 3.8) is 0 Å². The normalized spacial score (nSPS) is 11.0. The first-order valence-corrected chi connectivity index (χ1v) is 8.06. The molecule has 2 aromatic carbocycles. The highest BCUT2D eigenvalue weighted by Gasteiger charge is 2.16. The fourth-order valence-corrected chi connectivity index (χ4v) is 2.40. The molecule has 0 fully saturated rings. The molecule has 4 nitrogen and oxygen atoms in total. The summed E-state index contributed by atoms with van der Waals surface area (Å²) < 4.78 is 10.9. The van der Waals surface area contributed by atoms with Gasteiger partial charge in [0.1, 0.15) is 17.2 Å². The van der Waals surface area contributed by atoms with Gasteiger partial charge in [-0.3, -0.25) is 4.79 Å². The molecule has 0 unspecified atom stereocenters. The van der Waals surface area contributed by atoms with Crippen LogP contribution in [-0.2, 0) is 0 Å². The summed E-state index contributed by atoms with van der Waals surface area (Å²) in [5, 5.41) is 9.32. The molecule has 0 amide bonds. The van der Waals surface area contributed by atoms with Crippen LogP contribution in [0.5, 0.6) is 17.2 Å². The van der Waals surface area contributed by atoms with E-state index < -0.39 is 0 Å². The molecule has 0 spiro atoms. The monoisotopic (exact) mass is 350 g/mol. The number of carbonyl (C=O) groups excluding carboxylic acids is 1. The Hall–Kier alpha value is -3.27. The third kappa shape index (κ3) is 4.63. The SMILES string of the molecule is C=C(C)C=Cc1c(OC)ccc(C(=O)C=Cc2ccc(O)cc2)c1OC. The van der Waals surface area contributed by atoms with Crippen LogP contribution >= 0.6 is 0 Å². The zero-order chi connectivity index (χ0) is 19.1. The summed E-state index contributed by atoms with van der Waals surface area (Å²) >= 11 is 0. The number of hydrogen-bond acceptors (Lipinski definition) is 4. The molecule has 0 atom stereocenters. The number of methoxy groups -OCH3 is 2. The van der Waals surface area contributed by atoms with Gasteiger partial charge in [0.25, 0.3) is 0 Å². The molecule has 0 radical (unpaired) electrons. The lowest BCUT2D eigenvalue weighted by atomic mass is 10.0. The molecule has 2 rings (SSSR count). The minimum Gasteiger partial charge on any atom is -0.508 e. The number of ketones is 1. The predicted molar refractivity (Wildman–Crippen MR) is 105 cm³/mol. The van der Waals surface area contributed by atoms with Crippen molar-refractivity contribution in [1.82, 2.24) is 0 Å². The zero-order valence-electron chi connectivity index (χ0n) is 15.2. The Morgan fingerprint density at radius 3 is 2.27 bits per heavy atom. The zero-order valence-corrected chi connectivity index (χ0v) is 15.2. The van der Waals surface area contributed by atoms with Crippen LogP contribution in [0.4, 0.5) is 0 Å². The maximum atomic E-state index is 12.7. The molecular formula is C22H22O4. The number of phenols is 1. The molecule has 134 valence electrons. The molecule has 0 bridgehead atoms. The molecule has 0 aliphatic carbocycles. The number of benzene rings is 2. The van der Waals surface area contributed by atoms with E-state index in [0.717, 1.165) is 11.1 Å². The van der Waals surface area contributed by atoms with Crippen molar-refractivity contribution in [2.75, 3.05) is 14.2 Å². The van der Waals surface area contributed by atoms with E-state index in [1.165, 1.54) is 13.2 Å². The van der Waals surface area contributed by atoms with Gasteiger partial charge >= 0.3 is 0 Å². The Bertz CT molecular complexity index is 858. The number of ether oxygens (including phenoxy) is 2. The average Bonchev–Trinajstić information content (AvgIpc) is 2.64. The van der Waals surface area contributed by atoms with E-state index in [-0.39, 0.29) is 11.5 Å². The third-order valence-electron chi connectivity index (χ3n) is 3.70. The largest absolute Gasteiger partial charge is 0.508 e. The number of allylic oxidation sites excluding steroid dienone is 3. The Balaban J connectivity index is 2.41. The molecule has 0 aliphatic rings. The molecule has 2 aromatic rings. The van der Waals surface area contributed by atoms with E-state index in [4.69, 9.17) is 9.47 Å². The van der Waals surface area contributed by atoms with Gasteiger partial charge in [-0.15, -0.1) is 0 Å². The maximum Gasteiger partial charge on any atom is 0.189 e. The van der Waals surface area contributed by atoms with Crippen LogP contribution in [0.1, 0.15) is 28.4 Å². The second-order valence-corrected chi connectivity index (χ2v) is 5.73. The van der Waals surface area contributed by atoms with Crippen molar-refractivity contribution in [2.24, 2.45) is 0 Å². The van der Waals surface area contributed by atoms with E-state index in [1.54, 1.807) is 49.6 Å². The number of phenolic OH excluding ortho intramolecular Hbond substituents is 1. The lowest BCUT2D eigenvalue weighted by molar-refractivity contribution is 0.104. The standard InChI is InChI=1S/C22H22O4/c1-15(2)5-11-19-21(25-3)14-12-18(22(19)26-4)20(24)13-8-16-6-9-17(23)10-7-16/h5-14,23H,1H2,2-4H3. The summed E-state index contributed by atoms with van der Waals surface area (Å²) in [6, 6.07) is 10.0. The molecule has 0 aromatic heterocycles. The summed E-state index contributed by atoms with van der Waals surface area (Å²) in [5.41, 5.74) is 2.80. The highest BCUT2D eigenvalue weighted by atomic mass is 16.5. The molecule has 4 heteroatoms. The van der Waals surface area contributed by atoms with Crippen molar-refractivity contribution < 1.29 is 19.4 Å². The van der Waals surface area contributed by atoms with E-state index in [2.05, 4.69) is 6.58 Å². The molecule has 0 heterocycles. The average molecular weight is 350 g/mol. The lowest BCUT2D eigenvalue weighted by Gasteiger charge is -2.13. The molecule has 0 saturated carbocycles. The van der Waals surface area contributed by atoms with E-state index in [9.17, 15) is 9.90 Å². The van der Waals surface area contributed by atoms with Crippen LogP contribution in [0.2, 0.25) is 0 Å². The quantitative estimate of drug-likeness (QED) is 0.439. The predicted octanol–water partition coefficient (Wildman–Crippen LogP) is 4.89. The molecule has 0 aliphatic heterocycles. The van der Waals surface area contributed by atoms with Crippen LogP contribution < -0.4 is 9.47 Å². The molecule has 26 heavy (non-hydrogen) atoms. The van der Waals surface area contributed by atoms with Gasteiger partial charge in [0.05, 0.1) is 25.3 Å². The van der Waals surface area contributed by atoms with E-state index >= 15 is 0 Å². The molecule has 0 saturated heterocycles. The number of hydrogen-bond donors (Lipinski definition) is 1. The Kier molecular flexibility index (Phi) is 6.39. The van der Waals surface area contributed by atoms with Gasteiger partial charge in [-0.1, -0.05) is 36.4 Å². The minimum absolute atomic E-state index is 0.180. The van der Waals surface area contributed by atoms with Gasteiger partial charge in [0, 0.05) is 0 Å². The lowest BCUT2D eigenvalue weighted by Crippen LogP contribution is -2.02. The van der Waals surface area contributed by atoms with E-state index in [1.807, 2.05) is 19.1 Å². The van der Waals surface area contributed by atoms with Crippen LogP contribution in [0.25, 0.3) is 12.2 Å². The summed E-state index contributed by atoms with van der Waals surface area (Å²) in [7, 11) is 3.09. The smallest absolute Gasteiger partial charge is 0.189 e. The van der Waals surface area contributed by atoms with Crippen LogP contribution in [-0.4, -0.2) is 25.1 Å². The maximum absolute atomic E-state index is 12.7. The number of carbonyl (C=O) groups is 1. The summed E-state index contributed by atoms with van der Waals surface area (Å²) in [4.78, 5) is 12.7. The van der Waals surface area contributed by atoms with Gasteiger partial charge < -0.3 is 14.6 Å². The highest BCUT2D eigenvalue weighted by molar-refractivity contribution is 6.09. The van der Waals surface area contributed by atoms with Crippen LogP contribution in [0.15, 0.2) is 60.7 Å². The third-order valence-corrected chi connectivity index (χ3v) is 3.70. The summed E-state index contributed by atoms with van der Waals surface area (Å²) in [5.74, 6) is 1.04. The first-order chi connectivity index (χ1) is 12.5. The van der Waals surface area contributed by atoms with Crippen LogP contribution in [0, 0.1) is 0 Å². The topological polar surface area (TPSA) is 55.8 Å². The second-order valence-electron chi connectivity index (χ2n) is 5.73. The Morgan fingerprint density at radius 1 is 1.00 bits per heavy atom. The number of aromatic hydroxyl groups is 1. The van der Waals surface area contributed by atoms with Crippen molar-refractivity contribution in [3.05, 3.63) is 77.4 Å². The number of rotatable bonds is 7. The Morgan fingerprint density at radius 2 is 1.69 bits per heavy atom. The van der Waals surface area contributed by atoms with Crippen molar-refractivity contribution in [3.8, 4) is 17.2 Å². The van der Waals surface area contributed by atoms with Crippen molar-refractivity contribution >= 4 is 17.9 Å². The minimum atomic E-state index is -0.192. The van der Waals surface area contributed by atoms with Crippen molar-refractivity contribution in [2.45, 2.75) is 6.92 Å². The van der Waals surface area contributed by atoms with Crippen molar-refractivity contribution in [1.29, 1.82) is 0 Å². The van der Waals surface area contributed by atoms with Gasteiger partial charge in [-0.2, -0.15) is 0 Å². The molecular weight excluding hydrogens is 328 g/mol. The molecule has 1 N–H and O–H groups in total. The second kappa shape index (κ2) is 8.72. The van der Waals surface area contributed by atoms with Gasteiger partial charge in [0.2, 0.25) is 0 Å². The Labute approximate surface area is 153 Å².